The Labute approximate surface area is 167 Å². The van der Waals surface area contributed by atoms with E-state index in [2.05, 4.69) is 10.2 Å². The standard InChI is InChI=1S/C18H26N4O2.2ClH/c1-13(17(23)20-15-7-8-15)21-9-11-22(12-10-21)18(24)16(19)14-5-3-2-4-6-14;;/h2-6,13,15-16H,7-12,19H2,1H3,(H,20,23);2*1H. The molecule has 0 radical (unpaired) electrons. The molecule has 0 bridgehead atoms. The molecule has 2 unspecified atom stereocenters. The van der Waals surface area contributed by atoms with Gasteiger partial charge in [-0.15, -0.1) is 24.8 Å². The zero-order chi connectivity index (χ0) is 17.1. The first-order valence-electron chi connectivity index (χ1n) is 8.70. The summed E-state index contributed by atoms with van der Waals surface area (Å²) in [4.78, 5) is 28.7. The third-order valence-corrected chi connectivity index (χ3v) is 4.90. The van der Waals surface area contributed by atoms with E-state index >= 15 is 0 Å². The van der Waals surface area contributed by atoms with Gasteiger partial charge in [-0.05, 0) is 25.3 Å². The molecule has 2 atom stereocenters. The van der Waals surface area contributed by atoms with Crippen LogP contribution in [0.4, 0.5) is 0 Å². The van der Waals surface area contributed by atoms with Crippen LogP contribution >= 0.6 is 24.8 Å². The number of carbonyl (C=O) groups is 2. The Morgan fingerprint density at radius 3 is 2.19 bits per heavy atom. The second-order valence-corrected chi connectivity index (χ2v) is 6.71. The number of hydrogen-bond acceptors (Lipinski definition) is 4. The summed E-state index contributed by atoms with van der Waals surface area (Å²) in [6.07, 6.45) is 2.19. The number of nitrogens with one attached hydrogen (secondary N) is 1. The monoisotopic (exact) mass is 402 g/mol. The molecule has 0 aromatic heterocycles. The maximum atomic E-state index is 12.6. The van der Waals surface area contributed by atoms with Crippen LogP contribution in [-0.4, -0.2) is 59.9 Å². The number of piperazine rings is 1. The second kappa shape index (κ2) is 10.1. The lowest BCUT2D eigenvalue weighted by Gasteiger charge is -2.38. The van der Waals surface area contributed by atoms with E-state index in [1.54, 1.807) is 4.90 Å². The van der Waals surface area contributed by atoms with Crippen molar-refractivity contribution >= 4 is 36.6 Å². The third-order valence-electron chi connectivity index (χ3n) is 4.90. The van der Waals surface area contributed by atoms with Crippen molar-refractivity contribution in [1.82, 2.24) is 15.1 Å². The Hall–Kier alpha value is -1.34. The van der Waals surface area contributed by atoms with E-state index in [1.807, 2.05) is 37.3 Å². The minimum absolute atomic E-state index is 0. The first-order chi connectivity index (χ1) is 11.6. The van der Waals surface area contributed by atoms with Gasteiger partial charge in [-0.2, -0.15) is 0 Å². The molecule has 1 aliphatic heterocycles. The average Bonchev–Trinajstić information content (AvgIpc) is 3.44. The number of halogens is 2. The Kier molecular flexibility index (Phi) is 8.83. The molecule has 1 aromatic carbocycles. The Morgan fingerprint density at radius 1 is 1.08 bits per heavy atom. The highest BCUT2D eigenvalue weighted by Gasteiger charge is 2.32. The lowest BCUT2D eigenvalue weighted by Crippen LogP contribution is -2.56. The summed E-state index contributed by atoms with van der Waals surface area (Å²) in [6.45, 7) is 4.56. The Morgan fingerprint density at radius 2 is 1.65 bits per heavy atom. The molecule has 1 aromatic rings. The summed E-state index contributed by atoms with van der Waals surface area (Å²) in [5.41, 5.74) is 6.94. The van der Waals surface area contributed by atoms with Crippen molar-refractivity contribution in [2.24, 2.45) is 5.73 Å². The van der Waals surface area contributed by atoms with Crippen molar-refractivity contribution in [2.75, 3.05) is 26.2 Å². The summed E-state index contributed by atoms with van der Waals surface area (Å²) in [6, 6.07) is 9.06. The quantitative estimate of drug-likeness (QED) is 0.778. The van der Waals surface area contributed by atoms with Crippen LogP contribution in [0.25, 0.3) is 0 Å². The topological polar surface area (TPSA) is 78.7 Å². The molecule has 3 N–H and O–H groups in total. The lowest BCUT2D eigenvalue weighted by atomic mass is 10.1. The SMILES string of the molecule is CC(C(=O)NC1CC1)N1CCN(C(=O)C(N)c2ccccc2)CC1.Cl.Cl. The van der Waals surface area contributed by atoms with Gasteiger partial charge >= 0.3 is 0 Å². The summed E-state index contributed by atoms with van der Waals surface area (Å²) < 4.78 is 0. The molecule has 3 rings (SSSR count). The molecule has 1 heterocycles. The molecule has 6 nitrogen and oxygen atoms in total. The molecule has 2 fully saturated rings. The number of benzene rings is 1. The smallest absolute Gasteiger partial charge is 0.244 e. The summed E-state index contributed by atoms with van der Waals surface area (Å²) >= 11 is 0. The maximum Gasteiger partial charge on any atom is 0.244 e. The number of hydrogen-bond donors (Lipinski definition) is 2. The predicted molar refractivity (Wildman–Crippen MR) is 107 cm³/mol. The van der Waals surface area contributed by atoms with Crippen LogP contribution in [0, 0.1) is 0 Å². The van der Waals surface area contributed by atoms with E-state index in [-0.39, 0.29) is 42.7 Å². The van der Waals surface area contributed by atoms with Crippen molar-refractivity contribution in [2.45, 2.75) is 37.9 Å². The fraction of sp³-hybridized carbons (Fsp3) is 0.556. The van der Waals surface area contributed by atoms with Gasteiger partial charge in [0.1, 0.15) is 6.04 Å². The van der Waals surface area contributed by atoms with Crippen LogP contribution < -0.4 is 11.1 Å². The van der Waals surface area contributed by atoms with Crippen LogP contribution in [-0.2, 0) is 9.59 Å². The fourth-order valence-electron chi connectivity index (χ4n) is 3.04. The van der Waals surface area contributed by atoms with Gasteiger partial charge in [0, 0.05) is 32.2 Å². The molecule has 146 valence electrons. The molecular formula is C18H28Cl2N4O2. The molecule has 2 aliphatic rings. The normalized spacial score (nSPS) is 19.5. The predicted octanol–water partition coefficient (Wildman–Crippen LogP) is 1.34. The van der Waals surface area contributed by atoms with Crippen molar-refractivity contribution in [1.29, 1.82) is 0 Å². The number of nitrogens with two attached hydrogens (primary N) is 1. The number of amides is 2. The first kappa shape index (κ1) is 22.7. The van der Waals surface area contributed by atoms with Crippen LogP contribution in [0.15, 0.2) is 30.3 Å². The molecule has 2 amide bonds. The zero-order valence-electron chi connectivity index (χ0n) is 15.0. The van der Waals surface area contributed by atoms with Crippen LogP contribution in [0.5, 0.6) is 0 Å². The van der Waals surface area contributed by atoms with E-state index in [4.69, 9.17) is 5.73 Å². The minimum Gasteiger partial charge on any atom is -0.352 e. The van der Waals surface area contributed by atoms with Crippen molar-refractivity contribution in [3.63, 3.8) is 0 Å². The first-order valence-corrected chi connectivity index (χ1v) is 8.70. The molecule has 1 saturated carbocycles. The van der Waals surface area contributed by atoms with Gasteiger partial charge in [0.05, 0.1) is 6.04 Å². The molecule has 0 spiro atoms. The van der Waals surface area contributed by atoms with Crippen molar-refractivity contribution < 1.29 is 9.59 Å². The van der Waals surface area contributed by atoms with E-state index < -0.39 is 6.04 Å². The highest BCUT2D eigenvalue weighted by molar-refractivity contribution is 5.85. The summed E-state index contributed by atoms with van der Waals surface area (Å²) in [5, 5.41) is 3.04. The lowest BCUT2D eigenvalue weighted by molar-refractivity contribution is -0.135. The number of carbonyl (C=O) groups excluding carboxylic acids is 2. The van der Waals surface area contributed by atoms with E-state index in [0.717, 1.165) is 18.4 Å². The van der Waals surface area contributed by atoms with E-state index in [0.29, 0.717) is 32.2 Å². The maximum absolute atomic E-state index is 12.6. The Balaban J connectivity index is 0.00000169. The van der Waals surface area contributed by atoms with Gasteiger partial charge in [0.15, 0.2) is 0 Å². The molecule has 1 aliphatic carbocycles. The second-order valence-electron chi connectivity index (χ2n) is 6.71. The van der Waals surface area contributed by atoms with E-state index in [1.165, 1.54) is 0 Å². The van der Waals surface area contributed by atoms with Gasteiger partial charge in [-0.1, -0.05) is 30.3 Å². The van der Waals surface area contributed by atoms with E-state index in [9.17, 15) is 9.59 Å². The summed E-state index contributed by atoms with van der Waals surface area (Å²) in [7, 11) is 0. The van der Waals surface area contributed by atoms with Crippen LogP contribution in [0.3, 0.4) is 0 Å². The van der Waals surface area contributed by atoms with Gasteiger partial charge in [0.2, 0.25) is 11.8 Å². The number of nitrogens with zero attached hydrogens (tertiary/aromatic N) is 2. The fourth-order valence-corrected chi connectivity index (χ4v) is 3.04. The van der Waals surface area contributed by atoms with Crippen LogP contribution in [0.2, 0.25) is 0 Å². The van der Waals surface area contributed by atoms with Crippen molar-refractivity contribution in [3.8, 4) is 0 Å². The molecule has 26 heavy (non-hydrogen) atoms. The highest BCUT2D eigenvalue weighted by Crippen LogP contribution is 2.19. The molecule has 8 heteroatoms. The minimum atomic E-state index is -0.617. The van der Waals surface area contributed by atoms with Gasteiger partial charge in [-0.25, -0.2) is 0 Å². The van der Waals surface area contributed by atoms with Crippen molar-refractivity contribution in [3.05, 3.63) is 35.9 Å². The molecule has 1 saturated heterocycles. The Bertz CT molecular complexity index is 590. The largest absolute Gasteiger partial charge is 0.352 e. The highest BCUT2D eigenvalue weighted by atomic mass is 35.5. The zero-order valence-corrected chi connectivity index (χ0v) is 16.6. The van der Waals surface area contributed by atoms with Gasteiger partial charge in [0.25, 0.3) is 0 Å². The van der Waals surface area contributed by atoms with Crippen LogP contribution in [0.1, 0.15) is 31.4 Å². The molecular weight excluding hydrogens is 375 g/mol. The van der Waals surface area contributed by atoms with Gasteiger partial charge in [-0.3, -0.25) is 14.5 Å². The number of rotatable bonds is 5. The summed E-state index contributed by atoms with van der Waals surface area (Å²) in [5.74, 6) is 0.0502. The van der Waals surface area contributed by atoms with Gasteiger partial charge < -0.3 is 16.0 Å². The average molecular weight is 403 g/mol. The third kappa shape index (κ3) is 5.58.